The fourth-order valence-corrected chi connectivity index (χ4v) is 1.49. The van der Waals surface area contributed by atoms with Crippen molar-refractivity contribution in [2.24, 2.45) is 0 Å². The maximum absolute atomic E-state index is 13.3. The molecule has 0 aliphatic rings. The third kappa shape index (κ3) is 2.66. The molecule has 0 bridgehead atoms. The molecule has 2 aromatic rings. The summed E-state index contributed by atoms with van der Waals surface area (Å²) in [6, 6.07) is 8.16. The molecule has 1 amide bonds. The SMILES string of the molecule is N#Cc1c(F)cccc1NC(=O)c1ccc(=O)[nH]c1. The zero-order valence-corrected chi connectivity index (χ0v) is 9.61. The standard InChI is InChI=1S/C13H8FN3O2/c14-10-2-1-3-11(9(10)6-15)17-13(19)8-4-5-12(18)16-7-8/h1-5,7H,(H,16,18)(H,17,19). The molecule has 1 aromatic carbocycles. The summed E-state index contributed by atoms with van der Waals surface area (Å²) in [4.78, 5) is 25.1. The van der Waals surface area contributed by atoms with E-state index in [1.807, 2.05) is 0 Å². The van der Waals surface area contributed by atoms with E-state index in [0.29, 0.717) is 0 Å². The van der Waals surface area contributed by atoms with Crippen molar-refractivity contribution in [1.29, 1.82) is 5.26 Å². The van der Waals surface area contributed by atoms with Gasteiger partial charge in [-0.15, -0.1) is 0 Å². The van der Waals surface area contributed by atoms with E-state index >= 15 is 0 Å². The number of anilines is 1. The van der Waals surface area contributed by atoms with Crippen LogP contribution in [-0.2, 0) is 0 Å². The smallest absolute Gasteiger partial charge is 0.257 e. The molecule has 94 valence electrons. The van der Waals surface area contributed by atoms with Gasteiger partial charge >= 0.3 is 0 Å². The summed E-state index contributed by atoms with van der Waals surface area (Å²) >= 11 is 0. The van der Waals surface area contributed by atoms with E-state index in [4.69, 9.17) is 5.26 Å². The van der Waals surface area contributed by atoms with Gasteiger partial charge in [-0.3, -0.25) is 9.59 Å². The minimum absolute atomic E-state index is 0.0821. The quantitative estimate of drug-likeness (QED) is 0.857. The Morgan fingerprint density at radius 3 is 2.74 bits per heavy atom. The number of hydrogen-bond acceptors (Lipinski definition) is 3. The number of halogens is 1. The first-order valence-corrected chi connectivity index (χ1v) is 5.30. The highest BCUT2D eigenvalue weighted by Crippen LogP contribution is 2.18. The Bertz CT molecular complexity index is 711. The molecular formula is C13H8FN3O2. The number of carbonyl (C=O) groups excluding carboxylic acids is 1. The van der Waals surface area contributed by atoms with Crippen molar-refractivity contribution < 1.29 is 9.18 Å². The molecule has 5 nitrogen and oxygen atoms in total. The van der Waals surface area contributed by atoms with Gasteiger partial charge in [0.1, 0.15) is 17.4 Å². The van der Waals surface area contributed by atoms with Gasteiger partial charge in [-0.1, -0.05) is 6.07 Å². The third-order valence-electron chi connectivity index (χ3n) is 2.42. The number of amides is 1. The van der Waals surface area contributed by atoms with Crippen LogP contribution >= 0.6 is 0 Å². The Balaban J connectivity index is 2.30. The zero-order valence-electron chi connectivity index (χ0n) is 9.61. The highest BCUT2D eigenvalue weighted by atomic mass is 19.1. The molecule has 0 atom stereocenters. The van der Waals surface area contributed by atoms with Crippen molar-refractivity contribution in [2.45, 2.75) is 0 Å². The van der Waals surface area contributed by atoms with Gasteiger partial charge in [-0.25, -0.2) is 4.39 Å². The average Bonchev–Trinajstić information content (AvgIpc) is 2.39. The number of hydrogen-bond donors (Lipinski definition) is 2. The van der Waals surface area contributed by atoms with Crippen molar-refractivity contribution in [2.75, 3.05) is 5.32 Å². The van der Waals surface area contributed by atoms with Crippen LogP contribution in [0.15, 0.2) is 41.3 Å². The molecule has 0 aliphatic carbocycles. The van der Waals surface area contributed by atoms with Crippen LogP contribution in [0, 0.1) is 17.1 Å². The van der Waals surface area contributed by atoms with Gasteiger partial charge in [0.25, 0.3) is 5.91 Å². The van der Waals surface area contributed by atoms with Crippen LogP contribution in [0.25, 0.3) is 0 Å². The molecule has 0 spiro atoms. The third-order valence-corrected chi connectivity index (χ3v) is 2.42. The maximum Gasteiger partial charge on any atom is 0.257 e. The molecule has 1 aromatic heterocycles. The summed E-state index contributed by atoms with van der Waals surface area (Å²) in [5.74, 6) is -1.25. The number of rotatable bonds is 2. The van der Waals surface area contributed by atoms with Crippen LogP contribution in [0.1, 0.15) is 15.9 Å². The molecule has 0 saturated carbocycles. The van der Waals surface area contributed by atoms with Gasteiger partial charge in [0, 0.05) is 12.3 Å². The number of aromatic amines is 1. The zero-order chi connectivity index (χ0) is 13.8. The fraction of sp³-hybridized carbons (Fsp3) is 0. The van der Waals surface area contributed by atoms with E-state index in [1.54, 1.807) is 6.07 Å². The van der Waals surface area contributed by atoms with E-state index in [-0.39, 0.29) is 22.4 Å². The van der Waals surface area contributed by atoms with Crippen LogP contribution in [0.4, 0.5) is 10.1 Å². The van der Waals surface area contributed by atoms with E-state index in [1.165, 1.54) is 30.5 Å². The van der Waals surface area contributed by atoms with Gasteiger partial charge in [-0.05, 0) is 18.2 Å². The number of nitrogens with zero attached hydrogens (tertiary/aromatic N) is 1. The van der Waals surface area contributed by atoms with E-state index in [2.05, 4.69) is 10.3 Å². The van der Waals surface area contributed by atoms with Crippen LogP contribution < -0.4 is 10.9 Å². The highest BCUT2D eigenvalue weighted by Gasteiger charge is 2.12. The molecule has 0 aliphatic heterocycles. The van der Waals surface area contributed by atoms with Gasteiger partial charge in [0.2, 0.25) is 5.56 Å². The molecule has 0 saturated heterocycles. The minimum atomic E-state index is -0.707. The lowest BCUT2D eigenvalue weighted by Crippen LogP contribution is -2.15. The second kappa shape index (κ2) is 5.14. The summed E-state index contributed by atoms with van der Waals surface area (Å²) in [6.45, 7) is 0. The second-order valence-electron chi connectivity index (χ2n) is 3.67. The minimum Gasteiger partial charge on any atom is -0.328 e. The topological polar surface area (TPSA) is 85.8 Å². The summed E-state index contributed by atoms with van der Waals surface area (Å²) in [6.07, 6.45) is 1.24. The number of carbonyl (C=O) groups is 1. The Kier molecular flexibility index (Phi) is 3.39. The van der Waals surface area contributed by atoms with Gasteiger partial charge in [-0.2, -0.15) is 5.26 Å². The molecule has 2 N–H and O–H groups in total. The molecule has 1 heterocycles. The Morgan fingerprint density at radius 2 is 2.11 bits per heavy atom. The lowest BCUT2D eigenvalue weighted by atomic mass is 10.1. The van der Waals surface area contributed by atoms with Gasteiger partial charge < -0.3 is 10.3 Å². The first-order chi connectivity index (χ1) is 9.11. The number of nitrogens with one attached hydrogen (secondary N) is 2. The first-order valence-electron chi connectivity index (χ1n) is 5.30. The van der Waals surface area contributed by atoms with E-state index in [9.17, 15) is 14.0 Å². The fourth-order valence-electron chi connectivity index (χ4n) is 1.49. The predicted octanol–water partition coefficient (Wildman–Crippen LogP) is 1.64. The number of nitriles is 1. The van der Waals surface area contributed by atoms with Crippen molar-refractivity contribution in [3.8, 4) is 6.07 Å². The molecular weight excluding hydrogens is 249 g/mol. The monoisotopic (exact) mass is 257 g/mol. The van der Waals surface area contributed by atoms with Gasteiger partial charge in [0.05, 0.1) is 11.3 Å². The summed E-state index contributed by atoms with van der Waals surface area (Å²) < 4.78 is 13.3. The molecule has 0 unspecified atom stereocenters. The first kappa shape index (κ1) is 12.5. The molecule has 19 heavy (non-hydrogen) atoms. The maximum atomic E-state index is 13.3. The number of H-pyrrole nitrogens is 1. The van der Waals surface area contributed by atoms with Crippen molar-refractivity contribution in [3.63, 3.8) is 0 Å². The highest BCUT2D eigenvalue weighted by molar-refractivity contribution is 6.04. The summed E-state index contributed by atoms with van der Waals surface area (Å²) in [5.41, 5.74) is -0.285. The van der Waals surface area contributed by atoms with Crippen molar-refractivity contribution in [3.05, 3.63) is 63.8 Å². The lowest BCUT2D eigenvalue weighted by Gasteiger charge is -2.07. The average molecular weight is 257 g/mol. The van der Waals surface area contributed by atoms with E-state index < -0.39 is 11.7 Å². The van der Waals surface area contributed by atoms with Crippen LogP contribution in [0.5, 0.6) is 0 Å². The van der Waals surface area contributed by atoms with Crippen molar-refractivity contribution >= 4 is 11.6 Å². The Morgan fingerprint density at radius 1 is 1.32 bits per heavy atom. The molecule has 0 radical (unpaired) electrons. The molecule has 6 heteroatoms. The normalized spacial score (nSPS) is 9.68. The van der Waals surface area contributed by atoms with Crippen LogP contribution in [0.2, 0.25) is 0 Å². The summed E-state index contributed by atoms with van der Waals surface area (Å²) in [5, 5.41) is 11.2. The number of pyridine rings is 1. The Labute approximate surface area is 107 Å². The second-order valence-corrected chi connectivity index (χ2v) is 3.67. The van der Waals surface area contributed by atoms with E-state index in [0.717, 1.165) is 6.07 Å². The largest absolute Gasteiger partial charge is 0.328 e. The van der Waals surface area contributed by atoms with Crippen molar-refractivity contribution in [1.82, 2.24) is 4.98 Å². The predicted molar refractivity (Wildman–Crippen MR) is 66.1 cm³/mol. The Hall–Kier alpha value is -2.94. The number of aromatic nitrogens is 1. The molecule has 0 fully saturated rings. The van der Waals surface area contributed by atoms with Gasteiger partial charge in [0.15, 0.2) is 0 Å². The lowest BCUT2D eigenvalue weighted by molar-refractivity contribution is 0.102. The van der Waals surface area contributed by atoms with Crippen LogP contribution in [0.3, 0.4) is 0 Å². The van der Waals surface area contributed by atoms with Crippen LogP contribution in [-0.4, -0.2) is 10.9 Å². The summed E-state index contributed by atoms with van der Waals surface area (Å²) in [7, 11) is 0. The molecule has 2 rings (SSSR count). The number of benzene rings is 1.